The quantitative estimate of drug-likeness (QED) is 0.804. The second-order valence-electron chi connectivity index (χ2n) is 3.70. The average Bonchev–Trinajstić information content (AvgIpc) is 2.74. The molecule has 1 amide bonds. The summed E-state index contributed by atoms with van der Waals surface area (Å²) in [6.07, 6.45) is 4.16. The predicted molar refractivity (Wildman–Crippen MR) is 63.6 cm³/mol. The van der Waals surface area contributed by atoms with Crippen molar-refractivity contribution in [1.82, 2.24) is 15.3 Å². The first kappa shape index (κ1) is 12.9. The van der Waals surface area contributed by atoms with Gasteiger partial charge in [-0.1, -0.05) is 0 Å². The topological polar surface area (TPSA) is 66.9 Å². The van der Waals surface area contributed by atoms with Gasteiger partial charge in [0.25, 0.3) is 0 Å². The third-order valence-electron chi connectivity index (χ3n) is 2.48. The maximum Gasteiger partial charge on any atom is 0.228 e. The molecule has 0 radical (unpaired) electrons. The van der Waals surface area contributed by atoms with Gasteiger partial charge < -0.3 is 10.6 Å². The number of nitrogens with zero attached hydrogens (tertiary/aromatic N) is 2. The lowest BCUT2D eigenvalue weighted by molar-refractivity contribution is -0.119. The number of carbonyl (C=O) groups is 1. The normalized spacial score (nSPS) is 18.9. The Hall–Kier alpha value is -1.20. The van der Waals surface area contributed by atoms with Gasteiger partial charge in [-0.3, -0.25) is 4.79 Å². The third-order valence-corrected chi connectivity index (χ3v) is 2.48. The zero-order chi connectivity index (χ0) is 10.7. The Morgan fingerprint density at radius 3 is 2.75 bits per heavy atom. The molecule has 88 valence electrons. The number of anilines is 1. The molecular weight excluding hydrogens is 228 g/mol. The van der Waals surface area contributed by atoms with Crippen LogP contribution in [0.1, 0.15) is 12.2 Å². The highest BCUT2D eigenvalue weighted by Crippen LogP contribution is 2.11. The highest BCUT2D eigenvalue weighted by molar-refractivity contribution is 5.92. The number of aromatic nitrogens is 2. The van der Waals surface area contributed by atoms with Gasteiger partial charge in [-0.15, -0.1) is 12.4 Å². The maximum atomic E-state index is 11.7. The number of halogens is 1. The fourth-order valence-electron chi connectivity index (χ4n) is 1.58. The summed E-state index contributed by atoms with van der Waals surface area (Å²) >= 11 is 0. The van der Waals surface area contributed by atoms with E-state index in [9.17, 15) is 4.79 Å². The molecule has 6 heteroatoms. The van der Waals surface area contributed by atoms with Crippen LogP contribution in [0.3, 0.4) is 0 Å². The molecule has 0 unspecified atom stereocenters. The number of hydrogen-bond donors (Lipinski definition) is 2. The van der Waals surface area contributed by atoms with E-state index in [4.69, 9.17) is 0 Å². The van der Waals surface area contributed by atoms with Crippen LogP contribution in [0.25, 0.3) is 0 Å². The Morgan fingerprint density at radius 2 is 2.19 bits per heavy atom. The van der Waals surface area contributed by atoms with E-state index >= 15 is 0 Å². The molecule has 1 aliphatic rings. The first-order valence-corrected chi connectivity index (χ1v) is 5.06. The summed E-state index contributed by atoms with van der Waals surface area (Å²) in [6.45, 7) is 3.49. The van der Waals surface area contributed by atoms with Crippen molar-refractivity contribution in [3.05, 3.63) is 18.2 Å². The molecule has 0 saturated carbocycles. The maximum absolute atomic E-state index is 11.7. The van der Waals surface area contributed by atoms with Crippen LogP contribution < -0.4 is 10.6 Å². The molecule has 1 atom stereocenters. The van der Waals surface area contributed by atoms with Crippen LogP contribution in [-0.2, 0) is 4.79 Å². The van der Waals surface area contributed by atoms with Crippen LogP contribution in [0.15, 0.2) is 12.4 Å². The van der Waals surface area contributed by atoms with Crippen molar-refractivity contribution in [1.29, 1.82) is 0 Å². The minimum atomic E-state index is 0. The van der Waals surface area contributed by atoms with E-state index in [1.165, 1.54) is 0 Å². The van der Waals surface area contributed by atoms with Crippen molar-refractivity contribution in [2.45, 2.75) is 13.3 Å². The lowest BCUT2D eigenvalue weighted by Gasteiger charge is -2.08. The molecule has 1 saturated heterocycles. The second kappa shape index (κ2) is 5.77. The molecule has 0 aliphatic carbocycles. The summed E-state index contributed by atoms with van der Waals surface area (Å²) in [7, 11) is 0. The SMILES string of the molecule is Cc1ncc(NC(=O)[C@@H]2CCNC2)cn1.Cl. The smallest absolute Gasteiger partial charge is 0.228 e. The van der Waals surface area contributed by atoms with Gasteiger partial charge in [0, 0.05) is 6.54 Å². The minimum Gasteiger partial charge on any atom is -0.323 e. The number of aryl methyl sites for hydroxylation is 1. The van der Waals surface area contributed by atoms with E-state index in [1.807, 2.05) is 6.92 Å². The molecule has 2 rings (SSSR count). The van der Waals surface area contributed by atoms with E-state index in [0.717, 1.165) is 19.5 Å². The predicted octanol–water partition coefficient (Wildman–Crippen LogP) is 0.755. The number of nitrogens with one attached hydrogen (secondary N) is 2. The zero-order valence-electron chi connectivity index (χ0n) is 9.06. The van der Waals surface area contributed by atoms with E-state index in [1.54, 1.807) is 12.4 Å². The third kappa shape index (κ3) is 3.15. The molecule has 0 spiro atoms. The molecule has 1 fully saturated rings. The number of hydrogen-bond acceptors (Lipinski definition) is 4. The van der Waals surface area contributed by atoms with Crippen LogP contribution in [0.4, 0.5) is 5.69 Å². The molecule has 16 heavy (non-hydrogen) atoms. The van der Waals surface area contributed by atoms with Crippen LogP contribution in [0, 0.1) is 12.8 Å². The van der Waals surface area contributed by atoms with Crippen molar-refractivity contribution >= 4 is 24.0 Å². The molecule has 1 aliphatic heterocycles. The summed E-state index contributed by atoms with van der Waals surface area (Å²) < 4.78 is 0. The van der Waals surface area contributed by atoms with E-state index in [-0.39, 0.29) is 24.2 Å². The molecule has 1 aromatic rings. The zero-order valence-corrected chi connectivity index (χ0v) is 9.88. The fraction of sp³-hybridized carbons (Fsp3) is 0.500. The van der Waals surface area contributed by atoms with Crippen LogP contribution >= 0.6 is 12.4 Å². The molecule has 0 bridgehead atoms. The van der Waals surface area contributed by atoms with Crippen LogP contribution in [0.2, 0.25) is 0 Å². The standard InChI is InChI=1S/C10H14N4O.ClH/c1-7-12-5-9(6-13-7)14-10(15)8-2-3-11-4-8;/h5-6,8,11H,2-4H2,1H3,(H,14,15);1H/t8-;/m1./s1. The van der Waals surface area contributed by atoms with Gasteiger partial charge in [0.15, 0.2) is 0 Å². The lowest BCUT2D eigenvalue weighted by atomic mass is 10.1. The summed E-state index contributed by atoms with van der Waals surface area (Å²) in [4.78, 5) is 19.7. The molecule has 2 N–H and O–H groups in total. The first-order valence-electron chi connectivity index (χ1n) is 5.06. The summed E-state index contributed by atoms with van der Waals surface area (Å²) in [5, 5.41) is 5.96. The summed E-state index contributed by atoms with van der Waals surface area (Å²) in [5.41, 5.74) is 0.664. The molecule has 1 aromatic heterocycles. The fourth-order valence-corrected chi connectivity index (χ4v) is 1.58. The largest absolute Gasteiger partial charge is 0.323 e. The molecule has 5 nitrogen and oxygen atoms in total. The molecular formula is C10H15ClN4O. The number of rotatable bonds is 2. The highest BCUT2D eigenvalue weighted by Gasteiger charge is 2.22. The van der Waals surface area contributed by atoms with Crippen molar-refractivity contribution in [2.75, 3.05) is 18.4 Å². The Labute approximate surface area is 100 Å². The van der Waals surface area contributed by atoms with E-state index in [2.05, 4.69) is 20.6 Å². The van der Waals surface area contributed by atoms with Crippen molar-refractivity contribution in [3.8, 4) is 0 Å². The molecule has 0 aromatic carbocycles. The van der Waals surface area contributed by atoms with Gasteiger partial charge in [0.05, 0.1) is 24.0 Å². The number of carbonyl (C=O) groups excluding carboxylic acids is 1. The first-order chi connectivity index (χ1) is 7.25. The monoisotopic (exact) mass is 242 g/mol. The summed E-state index contributed by atoms with van der Waals surface area (Å²) in [6, 6.07) is 0. The van der Waals surface area contributed by atoms with Gasteiger partial charge in [-0.05, 0) is 19.9 Å². The average molecular weight is 243 g/mol. The van der Waals surface area contributed by atoms with Crippen LogP contribution in [-0.4, -0.2) is 29.0 Å². The van der Waals surface area contributed by atoms with Gasteiger partial charge in [0.2, 0.25) is 5.91 Å². The van der Waals surface area contributed by atoms with Gasteiger partial charge in [-0.2, -0.15) is 0 Å². The number of amides is 1. The summed E-state index contributed by atoms with van der Waals surface area (Å²) in [5.74, 6) is 0.828. The highest BCUT2D eigenvalue weighted by atomic mass is 35.5. The lowest BCUT2D eigenvalue weighted by Crippen LogP contribution is -2.24. The Kier molecular flexibility index (Phi) is 4.64. The second-order valence-corrected chi connectivity index (χ2v) is 3.70. The van der Waals surface area contributed by atoms with Crippen LogP contribution in [0.5, 0.6) is 0 Å². The molecule has 2 heterocycles. The van der Waals surface area contributed by atoms with Gasteiger partial charge in [-0.25, -0.2) is 9.97 Å². The Morgan fingerprint density at radius 1 is 1.50 bits per heavy atom. The van der Waals surface area contributed by atoms with Crippen molar-refractivity contribution in [3.63, 3.8) is 0 Å². The van der Waals surface area contributed by atoms with Gasteiger partial charge >= 0.3 is 0 Å². The van der Waals surface area contributed by atoms with E-state index < -0.39 is 0 Å². The van der Waals surface area contributed by atoms with Crippen molar-refractivity contribution < 1.29 is 4.79 Å². The van der Waals surface area contributed by atoms with E-state index in [0.29, 0.717) is 11.5 Å². The Balaban J connectivity index is 0.00000128. The van der Waals surface area contributed by atoms with Gasteiger partial charge in [0.1, 0.15) is 5.82 Å². The Bertz CT molecular complexity index is 348. The van der Waals surface area contributed by atoms with Crippen molar-refractivity contribution in [2.24, 2.45) is 5.92 Å². The minimum absolute atomic E-state index is 0.